The van der Waals surface area contributed by atoms with E-state index in [1.807, 2.05) is 4.90 Å². The Balaban J connectivity index is 2.32. The highest BCUT2D eigenvalue weighted by Gasteiger charge is 2.22. The van der Waals surface area contributed by atoms with Crippen molar-refractivity contribution in [3.05, 3.63) is 26.9 Å². The Hall–Kier alpha value is -1.21. The largest absolute Gasteiger partial charge is 0.350 e. The van der Waals surface area contributed by atoms with E-state index in [9.17, 15) is 10.1 Å². The predicted molar refractivity (Wildman–Crippen MR) is 68.3 cm³/mol. The van der Waals surface area contributed by atoms with Crippen LogP contribution in [0.5, 0.6) is 0 Å². The maximum Gasteiger partial charge on any atom is 0.312 e. The second-order valence-corrected chi connectivity index (χ2v) is 4.76. The van der Waals surface area contributed by atoms with Crippen molar-refractivity contribution in [2.45, 2.75) is 6.42 Å². The number of rotatable bonds is 2. The molecule has 1 aromatic heterocycles. The van der Waals surface area contributed by atoms with Crippen LogP contribution >= 0.6 is 15.9 Å². The van der Waals surface area contributed by atoms with Crippen LogP contribution < -0.4 is 10.2 Å². The number of aromatic nitrogens is 1. The van der Waals surface area contributed by atoms with Crippen LogP contribution in [-0.4, -0.2) is 36.1 Å². The number of hydrogen-bond donors (Lipinski definition) is 1. The van der Waals surface area contributed by atoms with E-state index < -0.39 is 0 Å². The van der Waals surface area contributed by atoms with Crippen LogP contribution in [0.25, 0.3) is 0 Å². The molecule has 0 radical (unpaired) electrons. The molecule has 1 aliphatic heterocycles. The summed E-state index contributed by atoms with van der Waals surface area (Å²) in [6.45, 7) is 3.31. The molecule has 2 heterocycles. The first kappa shape index (κ1) is 12.3. The maximum atomic E-state index is 11.0. The lowest BCUT2D eigenvalue weighted by molar-refractivity contribution is -0.384. The molecule has 0 spiro atoms. The molecule has 6 nitrogen and oxygen atoms in total. The van der Waals surface area contributed by atoms with Crippen molar-refractivity contribution in [2.24, 2.45) is 0 Å². The fourth-order valence-corrected chi connectivity index (χ4v) is 2.18. The highest BCUT2D eigenvalue weighted by atomic mass is 79.9. The summed E-state index contributed by atoms with van der Waals surface area (Å²) in [5.74, 6) is 0.460. The van der Waals surface area contributed by atoms with Gasteiger partial charge < -0.3 is 10.2 Å². The van der Waals surface area contributed by atoms with Gasteiger partial charge in [-0.25, -0.2) is 4.98 Å². The quantitative estimate of drug-likeness (QED) is 0.663. The van der Waals surface area contributed by atoms with Crippen LogP contribution in [0, 0.1) is 10.1 Å². The van der Waals surface area contributed by atoms with Gasteiger partial charge >= 0.3 is 5.69 Å². The van der Waals surface area contributed by atoms with Crippen molar-refractivity contribution in [3.63, 3.8) is 0 Å². The summed E-state index contributed by atoms with van der Waals surface area (Å²) in [5.41, 5.74) is 0.0567. The lowest BCUT2D eigenvalue weighted by Crippen LogP contribution is -2.29. The van der Waals surface area contributed by atoms with Gasteiger partial charge in [0.2, 0.25) is 5.82 Å². The first-order chi connectivity index (χ1) is 8.18. The zero-order valence-corrected chi connectivity index (χ0v) is 10.8. The van der Waals surface area contributed by atoms with Crippen molar-refractivity contribution >= 4 is 27.4 Å². The Morgan fingerprint density at radius 3 is 3.06 bits per heavy atom. The summed E-state index contributed by atoms with van der Waals surface area (Å²) in [5, 5.41) is 14.3. The van der Waals surface area contributed by atoms with Crippen LogP contribution in [0.4, 0.5) is 11.5 Å². The van der Waals surface area contributed by atoms with Gasteiger partial charge in [-0.05, 0) is 28.9 Å². The van der Waals surface area contributed by atoms with Crippen molar-refractivity contribution in [1.82, 2.24) is 10.3 Å². The van der Waals surface area contributed by atoms with E-state index in [0.29, 0.717) is 10.3 Å². The third-order valence-electron chi connectivity index (χ3n) is 2.65. The Morgan fingerprint density at radius 1 is 1.47 bits per heavy atom. The SMILES string of the molecule is O=[N+]([O-])c1cc(Br)cnc1N1CCCNCC1. The number of halogens is 1. The van der Waals surface area contributed by atoms with Gasteiger partial charge in [0.1, 0.15) is 0 Å². The number of anilines is 1. The van der Waals surface area contributed by atoms with Crippen LogP contribution in [0.3, 0.4) is 0 Å². The summed E-state index contributed by atoms with van der Waals surface area (Å²) in [7, 11) is 0. The van der Waals surface area contributed by atoms with Gasteiger partial charge in [0, 0.05) is 36.4 Å². The molecule has 2 rings (SSSR count). The highest BCUT2D eigenvalue weighted by molar-refractivity contribution is 9.10. The smallest absolute Gasteiger partial charge is 0.312 e. The zero-order chi connectivity index (χ0) is 12.3. The topological polar surface area (TPSA) is 71.3 Å². The molecule has 0 amide bonds. The molecule has 92 valence electrons. The molecule has 0 unspecified atom stereocenters. The van der Waals surface area contributed by atoms with E-state index in [2.05, 4.69) is 26.2 Å². The van der Waals surface area contributed by atoms with E-state index in [-0.39, 0.29) is 10.6 Å². The molecule has 1 saturated heterocycles. The molecule has 0 atom stereocenters. The van der Waals surface area contributed by atoms with Crippen LogP contribution in [-0.2, 0) is 0 Å². The van der Waals surface area contributed by atoms with E-state index in [1.165, 1.54) is 6.07 Å². The zero-order valence-electron chi connectivity index (χ0n) is 9.23. The number of pyridine rings is 1. The van der Waals surface area contributed by atoms with Crippen LogP contribution in [0.1, 0.15) is 6.42 Å². The lowest BCUT2D eigenvalue weighted by Gasteiger charge is -2.20. The molecule has 17 heavy (non-hydrogen) atoms. The molecule has 0 aliphatic carbocycles. The summed E-state index contributed by atoms with van der Waals surface area (Å²) in [4.78, 5) is 16.8. The van der Waals surface area contributed by atoms with Gasteiger partial charge in [0.05, 0.1) is 4.92 Å². The first-order valence-corrected chi connectivity index (χ1v) is 6.23. The number of nitrogens with zero attached hydrogens (tertiary/aromatic N) is 3. The van der Waals surface area contributed by atoms with E-state index in [0.717, 1.165) is 32.6 Å². The molecule has 1 fully saturated rings. The van der Waals surface area contributed by atoms with Gasteiger partial charge in [0.25, 0.3) is 0 Å². The maximum absolute atomic E-state index is 11.0. The Bertz CT molecular complexity index is 419. The minimum atomic E-state index is -0.384. The molecule has 0 bridgehead atoms. The normalized spacial score (nSPS) is 16.6. The first-order valence-electron chi connectivity index (χ1n) is 5.44. The molecular formula is C10H13BrN4O2. The van der Waals surface area contributed by atoms with Crippen LogP contribution in [0.2, 0.25) is 0 Å². The fourth-order valence-electron chi connectivity index (χ4n) is 1.86. The van der Waals surface area contributed by atoms with Gasteiger partial charge in [-0.3, -0.25) is 10.1 Å². The molecule has 1 aromatic rings. The van der Waals surface area contributed by atoms with E-state index >= 15 is 0 Å². The standard InChI is InChI=1S/C10H13BrN4O2/c11-8-6-9(15(16)17)10(13-7-8)14-4-1-2-12-3-5-14/h6-7,12H,1-5H2. The second-order valence-electron chi connectivity index (χ2n) is 3.84. The minimum Gasteiger partial charge on any atom is -0.350 e. The summed E-state index contributed by atoms with van der Waals surface area (Å²) >= 11 is 3.21. The number of nitro groups is 1. The van der Waals surface area contributed by atoms with Gasteiger partial charge in [-0.15, -0.1) is 0 Å². The van der Waals surface area contributed by atoms with Gasteiger partial charge in [0.15, 0.2) is 0 Å². The molecule has 0 aromatic carbocycles. The van der Waals surface area contributed by atoms with Crippen molar-refractivity contribution in [1.29, 1.82) is 0 Å². The monoisotopic (exact) mass is 300 g/mol. The Kier molecular flexibility index (Phi) is 3.90. The third kappa shape index (κ3) is 2.92. The molecule has 1 aliphatic rings. The number of hydrogen-bond acceptors (Lipinski definition) is 5. The van der Waals surface area contributed by atoms with Crippen molar-refractivity contribution < 1.29 is 4.92 Å². The molecule has 7 heteroatoms. The third-order valence-corrected chi connectivity index (χ3v) is 3.08. The molecule has 0 saturated carbocycles. The number of nitrogens with one attached hydrogen (secondary N) is 1. The van der Waals surface area contributed by atoms with Crippen LogP contribution in [0.15, 0.2) is 16.7 Å². The average molecular weight is 301 g/mol. The lowest BCUT2D eigenvalue weighted by atomic mass is 10.3. The molecular weight excluding hydrogens is 288 g/mol. The molecule has 1 N–H and O–H groups in total. The second kappa shape index (κ2) is 5.42. The van der Waals surface area contributed by atoms with E-state index in [4.69, 9.17) is 0 Å². The highest BCUT2D eigenvalue weighted by Crippen LogP contribution is 2.28. The average Bonchev–Trinajstić information content (AvgIpc) is 2.57. The van der Waals surface area contributed by atoms with E-state index in [1.54, 1.807) is 6.20 Å². The summed E-state index contributed by atoms with van der Waals surface area (Å²) in [6, 6.07) is 1.50. The Morgan fingerprint density at radius 2 is 2.29 bits per heavy atom. The van der Waals surface area contributed by atoms with Crippen molar-refractivity contribution in [3.8, 4) is 0 Å². The van der Waals surface area contributed by atoms with Gasteiger partial charge in [-0.1, -0.05) is 0 Å². The Labute approximate surface area is 107 Å². The minimum absolute atomic E-state index is 0.0567. The van der Waals surface area contributed by atoms with Gasteiger partial charge in [-0.2, -0.15) is 0 Å². The predicted octanol–water partition coefficient (Wildman–Crippen LogP) is 1.55. The van der Waals surface area contributed by atoms with Crippen molar-refractivity contribution in [2.75, 3.05) is 31.1 Å². The summed E-state index contributed by atoms with van der Waals surface area (Å²) in [6.07, 6.45) is 2.57. The fraction of sp³-hybridized carbons (Fsp3) is 0.500. The summed E-state index contributed by atoms with van der Waals surface area (Å²) < 4.78 is 0.626.